The molecule has 3 rings (SSSR count). The van der Waals surface area contributed by atoms with Crippen molar-refractivity contribution in [2.45, 2.75) is 38.3 Å². The number of aliphatic imine (C=N–C) groups is 1. The zero-order valence-corrected chi connectivity index (χ0v) is 17.9. The van der Waals surface area contributed by atoms with E-state index in [0.717, 1.165) is 49.9 Å². The van der Waals surface area contributed by atoms with Crippen LogP contribution in [0.25, 0.3) is 0 Å². The Balaban J connectivity index is 1.47. The SMILES string of the molecule is COc1ccc(CCNC(=NCCc2ccco2)NC(C)COC2CCOC2)cc1. The molecule has 1 aliphatic rings. The molecule has 1 saturated heterocycles. The number of hydrogen-bond acceptors (Lipinski definition) is 5. The van der Waals surface area contributed by atoms with Crippen LogP contribution in [0.1, 0.15) is 24.7 Å². The Morgan fingerprint density at radius 1 is 1.23 bits per heavy atom. The molecule has 1 aliphatic heterocycles. The molecule has 2 heterocycles. The van der Waals surface area contributed by atoms with Crippen LogP contribution in [0.2, 0.25) is 0 Å². The van der Waals surface area contributed by atoms with Gasteiger partial charge in [0, 0.05) is 32.2 Å². The first kappa shape index (κ1) is 22.2. The number of hydrogen-bond donors (Lipinski definition) is 2. The fourth-order valence-electron chi connectivity index (χ4n) is 3.20. The molecule has 0 amide bonds. The van der Waals surface area contributed by atoms with Gasteiger partial charge in [-0.15, -0.1) is 0 Å². The van der Waals surface area contributed by atoms with Crippen molar-refractivity contribution in [2.24, 2.45) is 4.99 Å². The van der Waals surface area contributed by atoms with Gasteiger partial charge in [0.2, 0.25) is 0 Å². The Morgan fingerprint density at radius 2 is 2.10 bits per heavy atom. The normalized spacial score (nSPS) is 17.7. The summed E-state index contributed by atoms with van der Waals surface area (Å²) in [5.74, 6) is 2.60. The summed E-state index contributed by atoms with van der Waals surface area (Å²) >= 11 is 0. The van der Waals surface area contributed by atoms with Crippen molar-refractivity contribution in [2.75, 3.05) is 40.0 Å². The van der Waals surface area contributed by atoms with Gasteiger partial charge >= 0.3 is 0 Å². The summed E-state index contributed by atoms with van der Waals surface area (Å²) in [7, 11) is 1.68. The van der Waals surface area contributed by atoms with Crippen LogP contribution >= 0.6 is 0 Å². The predicted molar refractivity (Wildman–Crippen MR) is 117 cm³/mol. The molecular formula is C23H33N3O4. The summed E-state index contributed by atoms with van der Waals surface area (Å²) in [5.41, 5.74) is 1.25. The van der Waals surface area contributed by atoms with Crippen molar-refractivity contribution in [1.29, 1.82) is 0 Å². The van der Waals surface area contributed by atoms with E-state index in [1.807, 2.05) is 24.3 Å². The van der Waals surface area contributed by atoms with Crippen LogP contribution in [0, 0.1) is 0 Å². The molecule has 164 valence electrons. The number of furan rings is 1. The highest BCUT2D eigenvalue weighted by Gasteiger charge is 2.17. The monoisotopic (exact) mass is 415 g/mol. The molecule has 0 aliphatic carbocycles. The third-order valence-corrected chi connectivity index (χ3v) is 4.93. The minimum absolute atomic E-state index is 0.140. The van der Waals surface area contributed by atoms with Crippen LogP contribution in [0.5, 0.6) is 5.75 Å². The van der Waals surface area contributed by atoms with Crippen molar-refractivity contribution in [1.82, 2.24) is 10.6 Å². The molecule has 2 unspecified atom stereocenters. The molecule has 7 heteroatoms. The van der Waals surface area contributed by atoms with E-state index in [4.69, 9.17) is 23.6 Å². The number of benzene rings is 1. The lowest BCUT2D eigenvalue weighted by Gasteiger charge is -2.20. The number of nitrogens with zero attached hydrogens (tertiary/aromatic N) is 1. The van der Waals surface area contributed by atoms with Gasteiger partial charge in [-0.1, -0.05) is 12.1 Å². The fraction of sp³-hybridized carbons (Fsp3) is 0.522. The summed E-state index contributed by atoms with van der Waals surface area (Å²) in [4.78, 5) is 4.71. The van der Waals surface area contributed by atoms with Crippen LogP contribution < -0.4 is 15.4 Å². The number of nitrogens with one attached hydrogen (secondary N) is 2. The quantitative estimate of drug-likeness (QED) is 0.434. The van der Waals surface area contributed by atoms with E-state index in [1.165, 1.54) is 5.56 Å². The first-order valence-corrected chi connectivity index (χ1v) is 10.6. The number of ether oxygens (including phenoxy) is 3. The van der Waals surface area contributed by atoms with Gasteiger partial charge in [0.05, 0.1) is 32.7 Å². The molecule has 2 N–H and O–H groups in total. The van der Waals surface area contributed by atoms with Crippen LogP contribution in [-0.4, -0.2) is 58.1 Å². The fourth-order valence-corrected chi connectivity index (χ4v) is 3.20. The van der Waals surface area contributed by atoms with E-state index < -0.39 is 0 Å². The summed E-state index contributed by atoms with van der Waals surface area (Å²) in [6, 6.07) is 12.2. The minimum atomic E-state index is 0.140. The van der Waals surface area contributed by atoms with Gasteiger partial charge in [-0.3, -0.25) is 4.99 Å². The van der Waals surface area contributed by atoms with Crippen LogP contribution in [-0.2, 0) is 22.3 Å². The molecule has 0 spiro atoms. The molecule has 7 nitrogen and oxygen atoms in total. The second kappa shape index (κ2) is 12.2. The van der Waals surface area contributed by atoms with E-state index in [9.17, 15) is 0 Å². The van der Waals surface area contributed by atoms with Gasteiger partial charge in [-0.05, 0) is 49.6 Å². The maximum Gasteiger partial charge on any atom is 0.191 e. The Hall–Kier alpha value is -2.51. The van der Waals surface area contributed by atoms with E-state index in [1.54, 1.807) is 13.4 Å². The topological polar surface area (TPSA) is 77.2 Å². The molecule has 30 heavy (non-hydrogen) atoms. The number of guanidine groups is 1. The molecule has 0 bridgehead atoms. The maximum atomic E-state index is 5.93. The first-order chi connectivity index (χ1) is 14.7. The van der Waals surface area contributed by atoms with Gasteiger partial charge in [-0.25, -0.2) is 0 Å². The van der Waals surface area contributed by atoms with Gasteiger partial charge in [-0.2, -0.15) is 0 Å². The average Bonchev–Trinajstić information content (AvgIpc) is 3.47. The van der Waals surface area contributed by atoms with Gasteiger partial charge in [0.25, 0.3) is 0 Å². The molecule has 2 aromatic rings. The Morgan fingerprint density at radius 3 is 2.80 bits per heavy atom. The lowest BCUT2D eigenvalue weighted by molar-refractivity contribution is 0.0347. The summed E-state index contributed by atoms with van der Waals surface area (Å²) in [6.07, 6.45) is 4.53. The largest absolute Gasteiger partial charge is 0.497 e. The molecule has 2 atom stereocenters. The van der Waals surface area contributed by atoms with Crippen LogP contribution in [0.15, 0.2) is 52.1 Å². The molecule has 1 aromatic carbocycles. The van der Waals surface area contributed by atoms with Crippen molar-refractivity contribution >= 4 is 5.96 Å². The average molecular weight is 416 g/mol. The lowest BCUT2D eigenvalue weighted by atomic mass is 10.1. The van der Waals surface area contributed by atoms with Crippen molar-refractivity contribution in [3.63, 3.8) is 0 Å². The van der Waals surface area contributed by atoms with E-state index in [0.29, 0.717) is 19.8 Å². The van der Waals surface area contributed by atoms with Crippen molar-refractivity contribution in [3.8, 4) is 5.75 Å². The predicted octanol–water partition coefficient (Wildman–Crippen LogP) is 2.80. The standard InChI is InChI=1S/C23H33N3O4/c1-18(16-30-22-11-15-28-17-22)26-23(25-13-10-21-4-3-14-29-21)24-12-9-19-5-7-20(27-2)8-6-19/h3-8,14,18,22H,9-13,15-17H2,1-2H3,(H2,24,25,26). The molecule has 1 fully saturated rings. The number of rotatable bonds is 11. The van der Waals surface area contributed by atoms with Crippen molar-refractivity contribution < 1.29 is 18.6 Å². The van der Waals surface area contributed by atoms with Gasteiger partial charge in [0.1, 0.15) is 11.5 Å². The highest BCUT2D eigenvalue weighted by Crippen LogP contribution is 2.11. The third kappa shape index (κ3) is 7.72. The summed E-state index contributed by atoms with van der Waals surface area (Å²) < 4.78 is 21.9. The van der Waals surface area contributed by atoms with Crippen LogP contribution in [0.4, 0.5) is 0 Å². The zero-order chi connectivity index (χ0) is 21.0. The highest BCUT2D eigenvalue weighted by atomic mass is 16.5. The Labute approximate surface area is 178 Å². The summed E-state index contributed by atoms with van der Waals surface area (Å²) in [6.45, 7) is 5.63. The van der Waals surface area contributed by atoms with E-state index in [-0.39, 0.29) is 12.1 Å². The second-order valence-corrected chi connectivity index (χ2v) is 7.45. The Bertz CT molecular complexity index is 740. The second-order valence-electron chi connectivity index (χ2n) is 7.45. The molecular weight excluding hydrogens is 382 g/mol. The highest BCUT2D eigenvalue weighted by molar-refractivity contribution is 5.80. The minimum Gasteiger partial charge on any atom is -0.497 e. The smallest absolute Gasteiger partial charge is 0.191 e. The Kier molecular flexibility index (Phi) is 9.05. The zero-order valence-electron chi connectivity index (χ0n) is 17.9. The summed E-state index contributed by atoms with van der Waals surface area (Å²) in [5, 5.41) is 6.88. The molecule has 1 aromatic heterocycles. The first-order valence-electron chi connectivity index (χ1n) is 10.6. The molecule has 0 radical (unpaired) electrons. The van der Waals surface area contributed by atoms with E-state index >= 15 is 0 Å². The van der Waals surface area contributed by atoms with Gasteiger partial charge in [0.15, 0.2) is 5.96 Å². The number of methoxy groups -OCH3 is 1. The lowest BCUT2D eigenvalue weighted by Crippen LogP contribution is -2.45. The third-order valence-electron chi connectivity index (χ3n) is 4.93. The molecule has 0 saturated carbocycles. The van der Waals surface area contributed by atoms with Crippen LogP contribution in [0.3, 0.4) is 0 Å². The van der Waals surface area contributed by atoms with E-state index in [2.05, 4.69) is 29.7 Å². The van der Waals surface area contributed by atoms with Crippen molar-refractivity contribution in [3.05, 3.63) is 54.0 Å². The van der Waals surface area contributed by atoms with Gasteiger partial charge < -0.3 is 29.3 Å². The maximum absolute atomic E-state index is 5.93.